The first-order valence-corrected chi connectivity index (χ1v) is 11.3. The molecular formula is C22H22ClF3N4O5. The molecule has 2 bridgehead atoms. The number of hydrogen-bond donors (Lipinski definition) is 0. The van der Waals surface area contributed by atoms with Crippen LogP contribution >= 0.6 is 11.6 Å². The summed E-state index contributed by atoms with van der Waals surface area (Å²) in [5.74, 6) is -0.567. The van der Waals surface area contributed by atoms with E-state index in [1.807, 2.05) is 0 Å². The zero-order valence-corrected chi connectivity index (χ0v) is 19.8. The molecule has 0 spiro atoms. The third-order valence-corrected chi connectivity index (χ3v) is 6.08. The van der Waals surface area contributed by atoms with Crippen molar-refractivity contribution in [3.8, 4) is 17.2 Å². The second-order valence-electron chi connectivity index (χ2n) is 9.47. The van der Waals surface area contributed by atoms with Gasteiger partial charge < -0.3 is 23.2 Å². The summed E-state index contributed by atoms with van der Waals surface area (Å²) in [5, 5.41) is -0.322. The van der Waals surface area contributed by atoms with Gasteiger partial charge in [-0.05, 0) is 39.7 Å². The maximum atomic E-state index is 13.1. The normalized spacial score (nSPS) is 20.5. The molecule has 2 atom stereocenters. The van der Waals surface area contributed by atoms with Crippen molar-refractivity contribution in [2.75, 3.05) is 18.0 Å². The van der Waals surface area contributed by atoms with Gasteiger partial charge in [-0.15, -0.1) is 13.2 Å². The maximum absolute atomic E-state index is 13.1. The van der Waals surface area contributed by atoms with E-state index in [0.29, 0.717) is 13.1 Å². The number of piperazine rings is 1. The van der Waals surface area contributed by atoms with Crippen LogP contribution < -0.4 is 9.64 Å². The number of carbonyl (C=O) groups excluding carboxylic acids is 1. The predicted octanol–water partition coefficient (Wildman–Crippen LogP) is 5.62. The van der Waals surface area contributed by atoms with E-state index in [-0.39, 0.29) is 51.8 Å². The zero-order valence-electron chi connectivity index (χ0n) is 19.1. The number of aromatic nitrogens is 2. The molecule has 13 heteroatoms. The van der Waals surface area contributed by atoms with Crippen molar-refractivity contribution < 1.29 is 36.3 Å². The topological polar surface area (TPSA) is 94.1 Å². The molecule has 0 aliphatic carbocycles. The van der Waals surface area contributed by atoms with Crippen LogP contribution in [0.1, 0.15) is 33.6 Å². The minimum atomic E-state index is -4.99. The summed E-state index contributed by atoms with van der Waals surface area (Å²) in [5.41, 5.74) is -0.607. The number of hydrogen-bond acceptors (Lipinski definition) is 8. The minimum absolute atomic E-state index is 0.00646. The number of anilines is 1. The number of alkyl halides is 3. The van der Waals surface area contributed by atoms with Crippen molar-refractivity contribution in [1.29, 1.82) is 0 Å². The lowest BCUT2D eigenvalue weighted by molar-refractivity contribution is -0.274. The Balaban J connectivity index is 1.51. The van der Waals surface area contributed by atoms with Gasteiger partial charge in [0.2, 0.25) is 5.89 Å². The number of fused-ring (bicyclic) bond motifs is 3. The van der Waals surface area contributed by atoms with E-state index >= 15 is 0 Å². The summed E-state index contributed by atoms with van der Waals surface area (Å²) in [7, 11) is 0. The molecule has 2 unspecified atom stereocenters. The van der Waals surface area contributed by atoms with Crippen molar-refractivity contribution in [3.63, 3.8) is 0 Å². The Kier molecular flexibility index (Phi) is 5.53. The molecule has 35 heavy (non-hydrogen) atoms. The Morgan fingerprint density at radius 2 is 1.89 bits per heavy atom. The molecule has 4 heterocycles. The van der Waals surface area contributed by atoms with Gasteiger partial charge in [-0.2, -0.15) is 4.98 Å². The number of carbonyl (C=O) groups is 1. The summed E-state index contributed by atoms with van der Waals surface area (Å²) in [6, 6.07) is 1.01. The Hall–Kier alpha value is -3.15. The molecule has 3 aromatic rings. The quantitative estimate of drug-likeness (QED) is 0.444. The standard InChI is InChI=1S/C22H22ClF3N4O5/c1-21(2,3)35-20(31)30-11-4-5-12(30)10-29(9-11)19-28-15-16(33-19)13(18-27-6-7-32-18)8-14(23)17(15)34-22(24,25)26/h6-8,11-12H,4-5,9-10H2,1-3H3. The van der Waals surface area contributed by atoms with Gasteiger partial charge in [0.15, 0.2) is 16.8 Å². The van der Waals surface area contributed by atoms with Gasteiger partial charge in [-0.1, -0.05) is 11.6 Å². The van der Waals surface area contributed by atoms with E-state index in [9.17, 15) is 18.0 Å². The number of ether oxygens (including phenoxy) is 2. The fourth-order valence-electron chi connectivity index (χ4n) is 4.55. The summed E-state index contributed by atoms with van der Waals surface area (Å²) >= 11 is 6.14. The SMILES string of the molecule is CC(C)(C)OC(=O)N1C2CCC1CN(c1nc3c(OC(F)(F)F)c(Cl)cc(-c4ncco4)c3o1)C2. The molecule has 5 rings (SSSR count). The van der Waals surface area contributed by atoms with Crippen molar-refractivity contribution in [2.45, 2.75) is 57.7 Å². The van der Waals surface area contributed by atoms with E-state index in [1.54, 1.807) is 30.6 Å². The van der Waals surface area contributed by atoms with Crippen LogP contribution in [0.3, 0.4) is 0 Å². The lowest BCUT2D eigenvalue weighted by Crippen LogP contribution is -2.56. The van der Waals surface area contributed by atoms with Gasteiger partial charge in [0.25, 0.3) is 6.01 Å². The highest BCUT2D eigenvalue weighted by Gasteiger charge is 2.45. The van der Waals surface area contributed by atoms with Gasteiger partial charge in [-0.3, -0.25) is 4.90 Å². The average molecular weight is 515 g/mol. The highest BCUT2D eigenvalue weighted by atomic mass is 35.5. The molecule has 2 aliphatic rings. The minimum Gasteiger partial charge on any atom is -0.444 e. The number of rotatable bonds is 3. The molecule has 2 aromatic heterocycles. The molecule has 1 aromatic carbocycles. The van der Waals surface area contributed by atoms with Gasteiger partial charge in [0.1, 0.15) is 11.9 Å². The van der Waals surface area contributed by atoms with E-state index < -0.39 is 17.7 Å². The maximum Gasteiger partial charge on any atom is 0.573 e. The molecule has 2 fully saturated rings. The summed E-state index contributed by atoms with van der Waals surface area (Å²) in [4.78, 5) is 24.6. The Labute approximate surface area is 202 Å². The molecule has 0 N–H and O–H groups in total. The second-order valence-corrected chi connectivity index (χ2v) is 9.88. The number of amides is 1. The van der Waals surface area contributed by atoms with Crippen LogP contribution in [0.15, 0.2) is 27.4 Å². The lowest BCUT2D eigenvalue weighted by atomic mass is 10.2. The van der Waals surface area contributed by atoms with Crippen molar-refractivity contribution in [2.24, 2.45) is 0 Å². The lowest BCUT2D eigenvalue weighted by Gasteiger charge is -2.40. The molecule has 1 amide bonds. The number of halogens is 4. The van der Waals surface area contributed by atoms with Crippen LogP contribution in [0.2, 0.25) is 5.02 Å². The fourth-order valence-corrected chi connectivity index (χ4v) is 4.79. The molecule has 0 saturated carbocycles. The highest BCUT2D eigenvalue weighted by Crippen LogP contribution is 2.44. The van der Waals surface area contributed by atoms with Crippen LogP contribution in [-0.4, -0.2) is 58.1 Å². The predicted molar refractivity (Wildman–Crippen MR) is 118 cm³/mol. The fraction of sp³-hybridized carbons (Fsp3) is 0.500. The Morgan fingerprint density at radius 1 is 1.20 bits per heavy atom. The van der Waals surface area contributed by atoms with E-state index in [0.717, 1.165) is 12.8 Å². The summed E-state index contributed by atoms with van der Waals surface area (Å²) < 4.78 is 60.3. The van der Waals surface area contributed by atoms with Crippen LogP contribution in [0.5, 0.6) is 5.75 Å². The monoisotopic (exact) mass is 514 g/mol. The highest BCUT2D eigenvalue weighted by molar-refractivity contribution is 6.33. The van der Waals surface area contributed by atoms with E-state index in [2.05, 4.69) is 14.7 Å². The first kappa shape index (κ1) is 23.6. The Bertz CT molecular complexity index is 1240. The molecule has 2 aliphatic heterocycles. The molecular weight excluding hydrogens is 493 g/mol. The van der Waals surface area contributed by atoms with E-state index in [4.69, 9.17) is 25.2 Å². The molecule has 9 nitrogen and oxygen atoms in total. The molecule has 188 valence electrons. The molecule has 2 saturated heterocycles. The number of nitrogens with zero attached hydrogens (tertiary/aromatic N) is 4. The van der Waals surface area contributed by atoms with Crippen LogP contribution in [0, 0.1) is 0 Å². The number of oxazole rings is 2. The van der Waals surface area contributed by atoms with Crippen molar-refractivity contribution in [1.82, 2.24) is 14.9 Å². The van der Waals surface area contributed by atoms with Crippen molar-refractivity contribution >= 4 is 34.8 Å². The van der Waals surface area contributed by atoms with Crippen LogP contribution in [0.4, 0.5) is 24.0 Å². The van der Waals surface area contributed by atoms with Gasteiger partial charge >= 0.3 is 12.5 Å². The van der Waals surface area contributed by atoms with E-state index in [1.165, 1.54) is 18.5 Å². The van der Waals surface area contributed by atoms with Crippen LogP contribution in [-0.2, 0) is 4.74 Å². The number of benzene rings is 1. The third kappa shape index (κ3) is 4.58. The smallest absolute Gasteiger partial charge is 0.444 e. The van der Waals surface area contributed by atoms with Crippen molar-refractivity contribution in [3.05, 3.63) is 23.5 Å². The first-order valence-electron chi connectivity index (χ1n) is 10.9. The first-order chi connectivity index (χ1) is 16.4. The molecule has 0 radical (unpaired) electrons. The second kappa shape index (κ2) is 8.21. The van der Waals surface area contributed by atoms with Crippen LogP contribution in [0.25, 0.3) is 22.6 Å². The largest absolute Gasteiger partial charge is 0.573 e. The van der Waals surface area contributed by atoms with Gasteiger partial charge in [0, 0.05) is 13.1 Å². The third-order valence-electron chi connectivity index (χ3n) is 5.80. The van der Waals surface area contributed by atoms with Gasteiger partial charge in [-0.25, -0.2) is 9.78 Å². The van der Waals surface area contributed by atoms with Gasteiger partial charge in [0.05, 0.1) is 28.9 Å². The summed E-state index contributed by atoms with van der Waals surface area (Å²) in [6.45, 7) is 6.16. The zero-order chi connectivity index (χ0) is 25.1. The summed E-state index contributed by atoms with van der Waals surface area (Å²) in [6.07, 6.45) is -1.15. The Morgan fingerprint density at radius 3 is 2.46 bits per heavy atom. The average Bonchev–Trinajstić information content (AvgIpc) is 3.46.